The minimum Gasteiger partial charge on any atom is -0.447 e. The molecule has 0 bridgehead atoms. The SMILES string of the molecule is CCNCCOCCOCCOC(=O)NCC(C)CC. The van der Waals surface area contributed by atoms with Gasteiger partial charge in [0.1, 0.15) is 6.61 Å². The van der Waals surface area contributed by atoms with Crippen LogP contribution in [-0.4, -0.2) is 58.8 Å². The minimum absolute atomic E-state index is 0.268. The molecule has 0 aliphatic carbocycles. The van der Waals surface area contributed by atoms with Crippen molar-refractivity contribution in [2.75, 3.05) is 52.7 Å². The second-order valence-electron chi connectivity index (χ2n) is 4.61. The zero-order chi connectivity index (χ0) is 15.1. The lowest BCUT2D eigenvalue weighted by Gasteiger charge is -2.11. The third-order valence-electron chi connectivity index (χ3n) is 2.80. The fourth-order valence-corrected chi connectivity index (χ4v) is 1.29. The van der Waals surface area contributed by atoms with E-state index < -0.39 is 0 Å². The lowest BCUT2D eigenvalue weighted by Crippen LogP contribution is -2.29. The molecule has 0 saturated heterocycles. The number of hydrogen-bond donors (Lipinski definition) is 2. The molecule has 0 rings (SSSR count). The van der Waals surface area contributed by atoms with Gasteiger partial charge in [-0.15, -0.1) is 0 Å². The van der Waals surface area contributed by atoms with E-state index in [9.17, 15) is 4.79 Å². The molecule has 2 N–H and O–H groups in total. The number of carbonyl (C=O) groups excluding carboxylic acids is 1. The number of nitrogens with one attached hydrogen (secondary N) is 2. The van der Waals surface area contributed by atoms with Crippen LogP contribution in [0, 0.1) is 5.92 Å². The van der Waals surface area contributed by atoms with Gasteiger partial charge in [-0.05, 0) is 12.5 Å². The Labute approximate surface area is 122 Å². The van der Waals surface area contributed by atoms with E-state index in [2.05, 4.69) is 31.4 Å². The summed E-state index contributed by atoms with van der Waals surface area (Å²) < 4.78 is 15.6. The van der Waals surface area contributed by atoms with Gasteiger partial charge in [0.25, 0.3) is 0 Å². The average Bonchev–Trinajstić information content (AvgIpc) is 2.46. The van der Waals surface area contributed by atoms with E-state index in [1.807, 2.05) is 0 Å². The molecular formula is C14H30N2O4. The monoisotopic (exact) mass is 290 g/mol. The van der Waals surface area contributed by atoms with Crippen molar-refractivity contribution in [3.8, 4) is 0 Å². The van der Waals surface area contributed by atoms with Gasteiger partial charge < -0.3 is 24.8 Å². The number of amides is 1. The van der Waals surface area contributed by atoms with Gasteiger partial charge in [-0.25, -0.2) is 4.79 Å². The van der Waals surface area contributed by atoms with Crippen molar-refractivity contribution >= 4 is 6.09 Å². The maximum absolute atomic E-state index is 11.3. The van der Waals surface area contributed by atoms with Gasteiger partial charge in [0.15, 0.2) is 0 Å². The van der Waals surface area contributed by atoms with Crippen LogP contribution < -0.4 is 10.6 Å². The molecule has 0 aromatic heterocycles. The molecule has 0 aromatic carbocycles. The summed E-state index contributed by atoms with van der Waals surface area (Å²) >= 11 is 0. The smallest absolute Gasteiger partial charge is 0.407 e. The van der Waals surface area contributed by atoms with Gasteiger partial charge >= 0.3 is 6.09 Å². The van der Waals surface area contributed by atoms with Crippen LogP contribution in [0.5, 0.6) is 0 Å². The van der Waals surface area contributed by atoms with E-state index in [1.54, 1.807) is 0 Å². The Morgan fingerprint density at radius 2 is 1.70 bits per heavy atom. The highest BCUT2D eigenvalue weighted by molar-refractivity contribution is 5.67. The van der Waals surface area contributed by atoms with Crippen LogP contribution in [0.15, 0.2) is 0 Å². The highest BCUT2D eigenvalue weighted by Gasteiger charge is 2.04. The molecule has 1 amide bonds. The molecule has 0 saturated carbocycles. The molecule has 0 aliphatic rings. The third kappa shape index (κ3) is 13.6. The van der Waals surface area contributed by atoms with E-state index in [4.69, 9.17) is 14.2 Å². The van der Waals surface area contributed by atoms with E-state index in [-0.39, 0.29) is 12.7 Å². The molecule has 120 valence electrons. The van der Waals surface area contributed by atoms with Crippen molar-refractivity contribution in [3.63, 3.8) is 0 Å². The van der Waals surface area contributed by atoms with Crippen LogP contribution in [0.1, 0.15) is 27.2 Å². The molecule has 20 heavy (non-hydrogen) atoms. The molecule has 1 unspecified atom stereocenters. The molecular weight excluding hydrogens is 260 g/mol. The third-order valence-corrected chi connectivity index (χ3v) is 2.80. The first-order valence-corrected chi connectivity index (χ1v) is 7.47. The van der Waals surface area contributed by atoms with Crippen LogP contribution >= 0.6 is 0 Å². The van der Waals surface area contributed by atoms with Crippen molar-refractivity contribution < 1.29 is 19.0 Å². The van der Waals surface area contributed by atoms with Crippen molar-refractivity contribution in [3.05, 3.63) is 0 Å². The number of likely N-dealkylation sites (N-methyl/N-ethyl adjacent to an activating group) is 1. The van der Waals surface area contributed by atoms with Gasteiger partial charge in [-0.2, -0.15) is 0 Å². The number of rotatable bonds is 13. The van der Waals surface area contributed by atoms with Gasteiger partial charge in [0.05, 0.1) is 26.4 Å². The summed E-state index contributed by atoms with van der Waals surface area (Å²) in [7, 11) is 0. The summed E-state index contributed by atoms with van der Waals surface area (Å²) in [6, 6.07) is 0. The molecule has 0 radical (unpaired) electrons. The lowest BCUT2D eigenvalue weighted by atomic mass is 10.1. The van der Waals surface area contributed by atoms with E-state index in [0.29, 0.717) is 38.9 Å². The standard InChI is InChI=1S/C14H30N2O4/c1-4-13(3)12-16-14(17)20-11-10-19-9-8-18-7-6-15-5-2/h13,15H,4-12H2,1-3H3,(H,16,17). The molecule has 0 heterocycles. The lowest BCUT2D eigenvalue weighted by molar-refractivity contribution is 0.0288. The summed E-state index contributed by atoms with van der Waals surface area (Å²) in [5.74, 6) is 0.471. The Bertz CT molecular complexity index is 227. The normalized spacial score (nSPS) is 12.2. The van der Waals surface area contributed by atoms with Crippen molar-refractivity contribution in [1.82, 2.24) is 10.6 Å². The Kier molecular flexibility index (Phi) is 13.9. The molecule has 6 heteroatoms. The first-order chi connectivity index (χ1) is 9.70. The largest absolute Gasteiger partial charge is 0.447 e. The van der Waals surface area contributed by atoms with Gasteiger partial charge in [-0.1, -0.05) is 27.2 Å². The fourth-order valence-electron chi connectivity index (χ4n) is 1.29. The highest BCUT2D eigenvalue weighted by Crippen LogP contribution is 1.97. The van der Waals surface area contributed by atoms with Crippen LogP contribution in [0.3, 0.4) is 0 Å². The van der Waals surface area contributed by atoms with E-state index >= 15 is 0 Å². The quantitative estimate of drug-likeness (QED) is 0.502. The second-order valence-corrected chi connectivity index (χ2v) is 4.61. The second kappa shape index (κ2) is 14.6. The first-order valence-electron chi connectivity index (χ1n) is 7.47. The molecule has 1 atom stereocenters. The van der Waals surface area contributed by atoms with Crippen LogP contribution in [0.2, 0.25) is 0 Å². The van der Waals surface area contributed by atoms with Crippen molar-refractivity contribution in [2.24, 2.45) is 5.92 Å². The van der Waals surface area contributed by atoms with Crippen molar-refractivity contribution in [1.29, 1.82) is 0 Å². The molecule has 0 aliphatic heterocycles. The summed E-state index contributed by atoms with van der Waals surface area (Å²) in [5, 5.41) is 5.88. The van der Waals surface area contributed by atoms with Crippen LogP contribution in [-0.2, 0) is 14.2 Å². The van der Waals surface area contributed by atoms with Gasteiger partial charge in [0.2, 0.25) is 0 Å². The van der Waals surface area contributed by atoms with Crippen molar-refractivity contribution in [2.45, 2.75) is 27.2 Å². The Hall–Kier alpha value is -0.850. The number of carbonyl (C=O) groups is 1. The average molecular weight is 290 g/mol. The number of alkyl carbamates (subject to hydrolysis) is 1. The maximum Gasteiger partial charge on any atom is 0.407 e. The summed E-state index contributed by atoms with van der Waals surface area (Å²) in [4.78, 5) is 11.3. The zero-order valence-corrected chi connectivity index (χ0v) is 13.1. The Balaban J connectivity index is 3.17. The van der Waals surface area contributed by atoms with E-state index in [0.717, 1.165) is 19.5 Å². The van der Waals surface area contributed by atoms with Crippen LogP contribution in [0.4, 0.5) is 4.79 Å². The molecule has 0 spiro atoms. The topological polar surface area (TPSA) is 68.8 Å². The first kappa shape index (κ1) is 19.1. The van der Waals surface area contributed by atoms with E-state index in [1.165, 1.54) is 0 Å². The fraction of sp³-hybridized carbons (Fsp3) is 0.929. The number of hydrogen-bond acceptors (Lipinski definition) is 5. The maximum atomic E-state index is 11.3. The zero-order valence-electron chi connectivity index (χ0n) is 13.1. The molecule has 0 fully saturated rings. The summed E-state index contributed by atoms with van der Waals surface area (Å²) in [5.41, 5.74) is 0. The molecule has 0 aromatic rings. The molecule has 6 nitrogen and oxygen atoms in total. The van der Waals surface area contributed by atoms with Gasteiger partial charge in [-0.3, -0.25) is 0 Å². The van der Waals surface area contributed by atoms with Crippen LogP contribution in [0.25, 0.3) is 0 Å². The summed E-state index contributed by atoms with van der Waals surface area (Å²) in [6.07, 6.45) is 0.660. The Morgan fingerprint density at radius 1 is 1.05 bits per heavy atom. The highest BCUT2D eigenvalue weighted by atomic mass is 16.6. The predicted octanol–water partition coefficient (Wildman–Crippen LogP) is 1.40. The minimum atomic E-state index is -0.379. The number of ether oxygens (including phenoxy) is 3. The van der Waals surface area contributed by atoms with Gasteiger partial charge in [0, 0.05) is 13.1 Å². The Morgan fingerprint density at radius 3 is 2.35 bits per heavy atom. The predicted molar refractivity (Wildman–Crippen MR) is 79.0 cm³/mol. The summed E-state index contributed by atoms with van der Waals surface area (Å²) in [6.45, 7) is 11.1.